The fraction of sp³-hybridized carbons (Fsp3) is 0.960. The van der Waals surface area contributed by atoms with Gasteiger partial charge in [0, 0.05) is 0 Å². The van der Waals surface area contributed by atoms with Gasteiger partial charge in [-0.2, -0.15) is 0 Å². The normalized spacial score (nSPS) is 13.3. The molecule has 3 heteroatoms. The summed E-state index contributed by atoms with van der Waals surface area (Å²) in [4.78, 5) is 12.0. The van der Waals surface area contributed by atoms with Gasteiger partial charge in [-0.25, -0.2) is 4.79 Å². The van der Waals surface area contributed by atoms with Crippen molar-refractivity contribution in [2.24, 2.45) is 11.8 Å². The fourth-order valence-electron chi connectivity index (χ4n) is 3.93. The van der Waals surface area contributed by atoms with Crippen molar-refractivity contribution in [3.05, 3.63) is 0 Å². The Balaban J connectivity index is 4.00. The number of hydrogen-bond donors (Lipinski definition) is 0. The molecule has 0 saturated heterocycles. The molecule has 2 unspecified atom stereocenters. The van der Waals surface area contributed by atoms with E-state index < -0.39 is 6.16 Å². The second kappa shape index (κ2) is 21.0. The van der Waals surface area contributed by atoms with E-state index in [9.17, 15) is 4.79 Å². The zero-order valence-electron chi connectivity index (χ0n) is 19.6. The summed E-state index contributed by atoms with van der Waals surface area (Å²) in [6, 6.07) is 0. The van der Waals surface area contributed by atoms with Crippen molar-refractivity contribution in [2.45, 2.75) is 130 Å². The van der Waals surface area contributed by atoms with E-state index in [4.69, 9.17) is 9.47 Å². The van der Waals surface area contributed by atoms with Gasteiger partial charge in [-0.15, -0.1) is 0 Å². The topological polar surface area (TPSA) is 35.5 Å². The first-order valence-electron chi connectivity index (χ1n) is 12.5. The molecule has 0 aliphatic carbocycles. The zero-order chi connectivity index (χ0) is 20.9. The van der Waals surface area contributed by atoms with E-state index in [1.165, 1.54) is 77.0 Å². The number of rotatable bonds is 20. The molecule has 0 aliphatic heterocycles. The molecule has 0 heterocycles. The van der Waals surface area contributed by atoms with Gasteiger partial charge in [-0.3, -0.25) is 0 Å². The molecule has 0 aromatic rings. The Labute approximate surface area is 176 Å². The molecular formula is C25H50O3. The van der Waals surface area contributed by atoms with Gasteiger partial charge in [0.25, 0.3) is 0 Å². The number of hydrogen-bond acceptors (Lipinski definition) is 3. The van der Waals surface area contributed by atoms with Gasteiger partial charge in [0.05, 0.1) is 13.2 Å². The highest BCUT2D eigenvalue weighted by atomic mass is 16.7. The molecule has 0 rings (SSSR count). The summed E-state index contributed by atoms with van der Waals surface area (Å²) in [5.74, 6) is 0.980. The molecule has 0 fully saturated rings. The second-order valence-electron chi connectivity index (χ2n) is 8.59. The first kappa shape index (κ1) is 27.3. The maximum Gasteiger partial charge on any atom is 0.508 e. The third-order valence-corrected chi connectivity index (χ3v) is 5.70. The smallest absolute Gasteiger partial charge is 0.434 e. The summed E-state index contributed by atoms with van der Waals surface area (Å²) >= 11 is 0. The molecular weight excluding hydrogens is 348 g/mol. The molecule has 0 aliphatic rings. The minimum atomic E-state index is -0.459. The van der Waals surface area contributed by atoms with Gasteiger partial charge in [0.1, 0.15) is 0 Å². The van der Waals surface area contributed by atoms with E-state index in [0.29, 0.717) is 25.0 Å². The summed E-state index contributed by atoms with van der Waals surface area (Å²) in [7, 11) is 0. The van der Waals surface area contributed by atoms with E-state index in [2.05, 4.69) is 27.7 Å². The molecule has 3 nitrogen and oxygen atoms in total. The minimum absolute atomic E-state index is 0.459. The van der Waals surface area contributed by atoms with E-state index in [1.807, 2.05) is 0 Å². The molecule has 0 radical (unpaired) electrons. The van der Waals surface area contributed by atoms with Crippen molar-refractivity contribution in [3.63, 3.8) is 0 Å². The molecule has 168 valence electrons. The maximum absolute atomic E-state index is 12.0. The lowest BCUT2D eigenvalue weighted by Gasteiger charge is -2.18. The van der Waals surface area contributed by atoms with Gasteiger partial charge in [-0.1, -0.05) is 105 Å². The SMILES string of the molecule is CCCCCCCC(CCC)COC(=O)OCC(CCC)CCCCCCC. The highest BCUT2D eigenvalue weighted by Crippen LogP contribution is 2.19. The summed E-state index contributed by atoms with van der Waals surface area (Å²) in [6.07, 6.45) is 19.4. The maximum atomic E-state index is 12.0. The Kier molecular flexibility index (Phi) is 20.4. The molecule has 0 aromatic carbocycles. The number of ether oxygens (including phenoxy) is 2. The number of carbonyl (C=O) groups is 1. The molecule has 0 spiro atoms. The monoisotopic (exact) mass is 398 g/mol. The first-order valence-corrected chi connectivity index (χ1v) is 12.5. The lowest BCUT2D eigenvalue weighted by atomic mass is 9.97. The van der Waals surface area contributed by atoms with Crippen molar-refractivity contribution in [2.75, 3.05) is 13.2 Å². The van der Waals surface area contributed by atoms with Crippen LogP contribution in [0.4, 0.5) is 4.79 Å². The summed E-state index contributed by atoms with van der Waals surface area (Å²) in [6.45, 7) is 9.95. The second-order valence-corrected chi connectivity index (χ2v) is 8.59. The van der Waals surface area contributed by atoms with Crippen LogP contribution in [0.1, 0.15) is 130 Å². The van der Waals surface area contributed by atoms with Crippen LogP contribution in [-0.4, -0.2) is 19.4 Å². The highest BCUT2D eigenvalue weighted by molar-refractivity contribution is 5.59. The Morgan fingerprint density at radius 3 is 1.29 bits per heavy atom. The van der Waals surface area contributed by atoms with Crippen LogP contribution in [0.3, 0.4) is 0 Å². The Morgan fingerprint density at radius 2 is 0.929 bits per heavy atom. The fourth-order valence-corrected chi connectivity index (χ4v) is 3.93. The van der Waals surface area contributed by atoms with Crippen molar-refractivity contribution in [1.82, 2.24) is 0 Å². The molecule has 0 bridgehead atoms. The van der Waals surface area contributed by atoms with Crippen LogP contribution < -0.4 is 0 Å². The average molecular weight is 399 g/mol. The van der Waals surface area contributed by atoms with Gasteiger partial charge < -0.3 is 9.47 Å². The third-order valence-electron chi connectivity index (χ3n) is 5.70. The Bertz CT molecular complexity index is 300. The Hall–Kier alpha value is -0.730. The van der Waals surface area contributed by atoms with Crippen LogP contribution >= 0.6 is 0 Å². The van der Waals surface area contributed by atoms with E-state index >= 15 is 0 Å². The van der Waals surface area contributed by atoms with E-state index in [0.717, 1.165) is 25.7 Å². The summed E-state index contributed by atoms with van der Waals surface area (Å²) < 4.78 is 10.9. The van der Waals surface area contributed by atoms with Crippen molar-refractivity contribution >= 4 is 6.16 Å². The molecule has 0 amide bonds. The lowest BCUT2D eigenvalue weighted by molar-refractivity contribution is 0.0304. The summed E-state index contributed by atoms with van der Waals surface area (Å²) in [5, 5.41) is 0. The van der Waals surface area contributed by atoms with Crippen LogP contribution in [-0.2, 0) is 9.47 Å². The summed E-state index contributed by atoms with van der Waals surface area (Å²) in [5.41, 5.74) is 0. The Morgan fingerprint density at radius 1 is 0.536 bits per heavy atom. The van der Waals surface area contributed by atoms with E-state index in [1.54, 1.807) is 0 Å². The molecule has 0 aromatic heterocycles. The van der Waals surface area contributed by atoms with E-state index in [-0.39, 0.29) is 0 Å². The molecule has 28 heavy (non-hydrogen) atoms. The van der Waals surface area contributed by atoms with Gasteiger partial charge in [-0.05, 0) is 37.5 Å². The van der Waals surface area contributed by atoms with Crippen LogP contribution in [0, 0.1) is 11.8 Å². The highest BCUT2D eigenvalue weighted by Gasteiger charge is 2.15. The van der Waals surface area contributed by atoms with Gasteiger partial charge in [0.15, 0.2) is 0 Å². The molecule has 0 N–H and O–H groups in total. The average Bonchev–Trinajstić information content (AvgIpc) is 2.69. The molecule has 0 saturated carbocycles. The number of unbranched alkanes of at least 4 members (excludes halogenated alkanes) is 8. The van der Waals surface area contributed by atoms with Crippen molar-refractivity contribution in [3.8, 4) is 0 Å². The van der Waals surface area contributed by atoms with Gasteiger partial charge >= 0.3 is 6.16 Å². The molecule has 2 atom stereocenters. The van der Waals surface area contributed by atoms with Crippen LogP contribution in [0.25, 0.3) is 0 Å². The first-order chi connectivity index (χ1) is 13.7. The largest absolute Gasteiger partial charge is 0.508 e. The van der Waals surface area contributed by atoms with Crippen molar-refractivity contribution < 1.29 is 14.3 Å². The van der Waals surface area contributed by atoms with Crippen molar-refractivity contribution in [1.29, 1.82) is 0 Å². The van der Waals surface area contributed by atoms with Crippen LogP contribution in [0.2, 0.25) is 0 Å². The number of carbonyl (C=O) groups excluding carboxylic acids is 1. The quantitative estimate of drug-likeness (QED) is 0.152. The predicted octanol–water partition coefficient (Wildman–Crippen LogP) is 8.69. The standard InChI is InChI=1S/C25H50O3/c1-5-9-11-13-15-19-23(17-7-3)21-27-25(26)28-22-24(18-8-4)20-16-14-12-10-6-2/h23-24H,5-22H2,1-4H3. The van der Waals surface area contributed by atoms with Gasteiger partial charge in [0.2, 0.25) is 0 Å². The zero-order valence-corrected chi connectivity index (χ0v) is 19.6. The third kappa shape index (κ3) is 17.4. The van der Waals surface area contributed by atoms with Crippen LogP contribution in [0.15, 0.2) is 0 Å². The lowest BCUT2D eigenvalue weighted by Crippen LogP contribution is -2.19. The van der Waals surface area contributed by atoms with Crippen LogP contribution in [0.5, 0.6) is 0 Å². The predicted molar refractivity (Wildman–Crippen MR) is 121 cm³/mol. The minimum Gasteiger partial charge on any atom is -0.434 e.